The molecule has 16 nitrogen and oxygen atoms in total. The van der Waals surface area contributed by atoms with Gasteiger partial charge >= 0.3 is 25.6 Å². The summed E-state index contributed by atoms with van der Waals surface area (Å²) in [5.74, 6) is -2.11. The van der Waals surface area contributed by atoms with Gasteiger partial charge in [0.15, 0.2) is 0 Å². The lowest BCUT2D eigenvalue weighted by Crippen LogP contribution is -2.49. The summed E-state index contributed by atoms with van der Waals surface area (Å²) in [6.45, 7) is 2.05. The second-order valence-corrected chi connectivity index (χ2v) is 11.9. The fourth-order valence-corrected chi connectivity index (χ4v) is 5.24. The Hall–Kier alpha value is -2.66. The van der Waals surface area contributed by atoms with Crippen molar-refractivity contribution in [3.05, 3.63) is 35.9 Å². The Morgan fingerprint density at radius 2 is 1.33 bits per heavy atom. The molecule has 2 rings (SSSR count). The molecular formula is C26H44N5O11P. The number of hydrogen-bond donors (Lipinski definition) is 6. The number of aliphatic hydroxyl groups excluding tert-OH is 1. The van der Waals surface area contributed by atoms with E-state index in [-0.39, 0.29) is 78.7 Å². The van der Waals surface area contributed by atoms with Gasteiger partial charge in [0.2, 0.25) is 0 Å². The topological polar surface area (TPSA) is 213 Å². The number of rotatable bonds is 15. The Bertz CT molecular complexity index is 1000. The summed E-state index contributed by atoms with van der Waals surface area (Å²) >= 11 is 0. The minimum absolute atomic E-state index is 0.0330. The van der Waals surface area contributed by atoms with Crippen molar-refractivity contribution >= 4 is 25.6 Å². The van der Waals surface area contributed by atoms with E-state index < -0.39 is 38.0 Å². The number of nitrogens with one attached hydrogen (secondary N) is 1. The molecule has 244 valence electrons. The first kappa shape index (κ1) is 36.5. The van der Waals surface area contributed by atoms with Gasteiger partial charge in [-0.25, -0.2) is 4.79 Å². The van der Waals surface area contributed by atoms with Crippen LogP contribution in [0.5, 0.6) is 0 Å². The van der Waals surface area contributed by atoms with Crippen LogP contribution in [0.3, 0.4) is 0 Å². The molecule has 0 aromatic heterocycles. The van der Waals surface area contributed by atoms with Gasteiger partial charge in [0.05, 0.1) is 32.4 Å². The van der Waals surface area contributed by atoms with Crippen LogP contribution in [0.2, 0.25) is 0 Å². The number of aliphatic carboxylic acids is 2. The summed E-state index contributed by atoms with van der Waals surface area (Å²) < 4.78 is 22.2. The number of nitrogens with zero attached hydrogens (tertiary/aromatic N) is 4. The van der Waals surface area contributed by atoms with Crippen molar-refractivity contribution < 1.29 is 53.5 Å². The van der Waals surface area contributed by atoms with E-state index in [4.69, 9.17) is 9.47 Å². The molecule has 1 aliphatic heterocycles. The molecule has 0 bridgehead atoms. The van der Waals surface area contributed by atoms with Crippen LogP contribution in [-0.4, -0.2) is 167 Å². The molecule has 1 amide bonds. The maximum Gasteiger partial charge on any atom is 0.407 e. The zero-order valence-corrected chi connectivity index (χ0v) is 25.1. The maximum atomic E-state index is 12.0. The molecule has 17 heteroatoms. The van der Waals surface area contributed by atoms with E-state index in [1.54, 1.807) is 9.80 Å². The largest absolute Gasteiger partial charge is 0.480 e. The first-order chi connectivity index (χ1) is 20.4. The summed E-state index contributed by atoms with van der Waals surface area (Å²) in [6, 6.07) is 9.54. The van der Waals surface area contributed by atoms with Gasteiger partial charge in [0.1, 0.15) is 12.9 Å². The Labute approximate surface area is 250 Å². The van der Waals surface area contributed by atoms with E-state index in [1.165, 1.54) is 4.90 Å². The Balaban J connectivity index is 1.89. The van der Waals surface area contributed by atoms with Gasteiger partial charge in [-0.15, -0.1) is 0 Å². The van der Waals surface area contributed by atoms with Crippen LogP contribution < -0.4 is 5.32 Å². The zero-order chi connectivity index (χ0) is 31.7. The number of benzene rings is 1. The Morgan fingerprint density at radius 3 is 1.84 bits per heavy atom. The third-order valence-corrected chi connectivity index (χ3v) is 7.32. The van der Waals surface area contributed by atoms with E-state index >= 15 is 0 Å². The number of ether oxygens (including phenoxy) is 2. The molecule has 1 heterocycles. The van der Waals surface area contributed by atoms with Crippen molar-refractivity contribution in [2.75, 3.05) is 98.0 Å². The van der Waals surface area contributed by atoms with Gasteiger partial charge in [0.25, 0.3) is 0 Å². The molecule has 0 saturated carbocycles. The first-order valence-corrected chi connectivity index (χ1v) is 15.8. The smallest absolute Gasteiger partial charge is 0.407 e. The molecule has 1 unspecified atom stereocenters. The number of carboxylic acid groups (broad SMARTS) is 2. The summed E-state index contributed by atoms with van der Waals surface area (Å²) in [6.07, 6.45) is -2.23. The molecule has 43 heavy (non-hydrogen) atoms. The molecule has 1 fully saturated rings. The van der Waals surface area contributed by atoms with Crippen molar-refractivity contribution in [2.24, 2.45) is 0 Å². The molecule has 1 aromatic rings. The molecule has 1 aliphatic rings. The normalized spacial score (nSPS) is 17.8. The minimum atomic E-state index is -4.39. The van der Waals surface area contributed by atoms with E-state index in [2.05, 4.69) is 5.32 Å². The summed E-state index contributed by atoms with van der Waals surface area (Å²) in [5, 5.41) is 31.8. The fraction of sp³-hybridized carbons (Fsp3) is 0.654. The highest BCUT2D eigenvalue weighted by atomic mass is 31.2. The zero-order valence-electron chi connectivity index (χ0n) is 24.2. The van der Waals surface area contributed by atoms with Crippen LogP contribution in [0.25, 0.3) is 0 Å². The Kier molecular flexibility index (Phi) is 16.6. The standard InChI is InChI=1S/C26H44N5O11P/c32-23(16-27-26(37)42-15-14-41-20-22-4-2-1-3-5-22)17-28-6-8-29(18-24(33)34)10-12-31(21-43(38,39)40)13-11-30(9-7-28)19-25(35)36/h1-5,23,32H,6-21H2,(H,27,37)(H,33,34)(H,35,36)(H2,38,39,40). The van der Waals surface area contributed by atoms with Crippen molar-refractivity contribution in [3.63, 3.8) is 0 Å². The third kappa shape index (κ3) is 17.9. The average Bonchev–Trinajstić information content (AvgIpc) is 2.92. The van der Waals surface area contributed by atoms with Crippen LogP contribution in [0.1, 0.15) is 5.56 Å². The lowest BCUT2D eigenvalue weighted by molar-refractivity contribution is -0.139. The van der Waals surface area contributed by atoms with Crippen LogP contribution in [0, 0.1) is 0 Å². The summed E-state index contributed by atoms with van der Waals surface area (Å²) in [7, 11) is -4.39. The van der Waals surface area contributed by atoms with Crippen molar-refractivity contribution in [2.45, 2.75) is 12.7 Å². The van der Waals surface area contributed by atoms with Gasteiger partial charge < -0.3 is 39.9 Å². The van der Waals surface area contributed by atoms with Gasteiger partial charge in [0, 0.05) is 65.4 Å². The van der Waals surface area contributed by atoms with Crippen LogP contribution in [0.4, 0.5) is 4.79 Å². The number of carbonyl (C=O) groups excluding carboxylic acids is 1. The van der Waals surface area contributed by atoms with E-state index in [0.717, 1.165) is 5.56 Å². The van der Waals surface area contributed by atoms with Gasteiger partial charge in [-0.1, -0.05) is 30.3 Å². The highest BCUT2D eigenvalue weighted by molar-refractivity contribution is 7.51. The van der Waals surface area contributed by atoms with Crippen LogP contribution in [0.15, 0.2) is 30.3 Å². The number of alkyl carbamates (subject to hydrolysis) is 1. The predicted molar refractivity (Wildman–Crippen MR) is 155 cm³/mol. The fourth-order valence-electron chi connectivity index (χ4n) is 4.43. The highest BCUT2D eigenvalue weighted by Crippen LogP contribution is 2.34. The molecule has 0 spiro atoms. The number of hydrogen-bond acceptors (Lipinski definition) is 11. The van der Waals surface area contributed by atoms with Crippen molar-refractivity contribution in [3.8, 4) is 0 Å². The lowest BCUT2D eigenvalue weighted by Gasteiger charge is -2.34. The van der Waals surface area contributed by atoms with Crippen LogP contribution in [-0.2, 0) is 30.2 Å². The molecule has 1 aromatic carbocycles. The number of β-amino-alcohol motifs (C(OH)–C–C–N with tert-alkyl or cyclic N) is 1. The summed E-state index contributed by atoms with van der Waals surface area (Å²) in [4.78, 5) is 60.5. The van der Waals surface area contributed by atoms with Gasteiger partial charge in [-0.05, 0) is 5.56 Å². The van der Waals surface area contributed by atoms with Gasteiger partial charge in [-0.2, -0.15) is 0 Å². The number of carboxylic acids is 2. The average molecular weight is 634 g/mol. The third-order valence-electron chi connectivity index (χ3n) is 6.56. The van der Waals surface area contributed by atoms with Crippen LogP contribution >= 0.6 is 7.60 Å². The van der Waals surface area contributed by atoms with Gasteiger partial charge in [-0.3, -0.25) is 33.8 Å². The summed E-state index contributed by atoms with van der Waals surface area (Å²) in [5.41, 5.74) is 0.996. The van der Waals surface area contributed by atoms with E-state index in [0.29, 0.717) is 19.7 Å². The lowest BCUT2D eigenvalue weighted by atomic mass is 10.2. The van der Waals surface area contributed by atoms with E-state index in [9.17, 15) is 44.1 Å². The molecule has 0 radical (unpaired) electrons. The monoisotopic (exact) mass is 633 g/mol. The van der Waals surface area contributed by atoms with Crippen molar-refractivity contribution in [1.82, 2.24) is 24.9 Å². The number of aliphatic hydroxyl groups is 1. The minimum Gasteiger partial charge on any atom is -0.480 e. The first-order valence-electron chi connectivity index (χ1n) is 14.0. The van der Waals surface area contributed by atoms with Crippen molar-refractivity contribution in [1.29, 1.82) is 0 Å². The quantitative estimate of drug-likeness (QED) is 0.0991. The Morgan fingerprint density at radius 1 is 0.814 bits per heavy atom. The number of amides is 1. The molecule has 1 saturated heterocycles. The second-order valence-electron chi connectivity index (χ2n) is 10.3. The van der Waals surface area contributed by atoms with E-state index in [1.807, 2.05) is 35.2 Å². The molecular weight excluding hydrogens is 589 g/mol. The number of carbonyl (C=O) groups is 3. The predicted octanol–water partition coefficient (Wildman–Crippen LogP) is -1.18. The highest BCUT2D eigenvalue weighted by Gasteiger charge is 2.24. The molecule has 1 atom stereocenters. The SMILES string of the molecule is O=C(O)CN1CCN(CC(O)CNC(=O)OCCOCc2ccccc2)CCN(CC(=O)O)CCN(CP(=O)(O)O)CC1. The maximum absolute atomic E-state index is 12.0. The second kappa shape index (κ2) is 19.6. The molecule has 0 aliphatic carbocycles. The molecule has 6 N–H and O–H groups in total.